The van der Waals surface area contributed by atoms with E-state index in [2.05, 4.69) is 15.6 Å². The molecule has 0 aliphatic carbocycles. The minimum atomic E-state index is -0.473. The van der Waals surface area contributed by atoms with E-state index in [1.165, 1.54) is 23.5 Å². The summed E-state index contributed by atoms with van der Waals surface area (Å²) >= 11 is 7.16. The molecule has 2 rings (SSSR count). The van der Waals surface area contributed by atoms with Gasteiger partial charge in [-0.2, -0.15) is 0 Å². The summed E-state index contributed by atoms with van der Waals surface area (Å²) in [7, 11) is 0. The van der Waals surface area contributed by atoms with Gasteiger partial charge in [-0.3, -0.25) is 0 Å². The third-order valence-corrected chi connectivity index (χ3v) is 3.76. The van der Waals surface area contributed by atoms with Crippen molar-refractivity contribution in [1.82, 2.24) is 15.6 Å². The number of rotatable bonds is 4. The van der Waals surface area contributed by atoms with Crippen molar-refractivity contribution in [1.29, 1.82) is 0 Å². The largest absolute Gasteiger partial charge is 0.334 e. The van der Waals surface area contributed by atoms with E-state index in [1.54, 1.807) is 6.07 Å². The van der Waals surface area contributed by atoms with E-state index in [1.807, 2.05) is 12.3 Å². The molecular weight excluding hydrogens is 301 g/mol. The molecule has 0 bridgehead atoms. The quantitative estimate of drug-likeness (QED) is 0.910. The van der Waals surface area contributed by atoms with Crippen molar-refractivity contribution in [3.05, 3.63) is 50.7 Å². The van der Waals surface area contributed by atoms with Gasteiger partial charge in [0.2, 0.25) is 0 Å². The minimum absolute atomic E-state index is 0.0444. The van der Waals surface area contributed by atoms with Crippen molar-refractivity contribution in [2.75, 3.05) is 0 Å². The van der Waals surface area contributed by atoms with Crippen LogP contribution in [-0.4, -0.2) is 11.0 Å². The first-order valence-corrected chi connectivity index (χ1v) is 7.17. The Morgan fingerprint density at radius 1 is 1.40 bits per heavy atom. The molecule has 2 N–H and O–H groups in total. The molecule has 106 valence electrons. The number of carbonyl (C=O) groups excluding carboxylic acids is 1. The molecule has 0 fully saturated rings. The number of hydrogen-bond donors (Lipinski definition) is 2. The van der Waals surface area contributed by atoms with Crippen LogP contribution in [0, 0.1) is 12.7 Å². The number of benzene rings is 1. The van der Waals surface area contributed by atoms with Crippen LogP contribution in [0.5, 0.6) is 0 Å². The second kappa shape index (κ2) is 6.67. The first-order valence-electron chi connectivity index (χ1n) is 5.91. The average molecular weight is 314 g/mol. The van der Waals surface area contributed by atoms with E-state index in [0.29, 0.717) is 6.54 Å². The molecule has 0 unspecified atom stereocenters. The van der Waals surface area contributed by atoms with Crippen molar-refractivity contribution in [3.8, 4) is 0 Å². The summed E-state index contributed by atoms with van der Waals surface area (Å²) < 4.78 is 13.0. The summed E-state index contributed by atoms with van der Waals surface area (Å²) in [6, 6.07) is 4.03. The minimum Gasteiger partial charge on any atom is -0.334 e. The van der Waals surface area contributed by atoms with Crippen LogP contribution in [0.4, 0.5) is 9.18 Å². The Morgan fingerprint density at radius 2 is 2.15 bits per heavy atom. The number of nitrogens with zero attached hydrogens (tertiary/aromatic N) is 1. The maximum atomic E-state index is 13.0. The van der Waals surface area contributed by atoms with Crippen molar-refractivity contribution in [2.45, 2.75) is 20.0 Å². The van der Waals surface area contributed by atoms with Crippen molar-refractivity contribution >= 4 is 29.0 Å². The second-order valence-electron chi connectivity index (χ2n) is 4.17. The Bertz CT molecular complexity index is 617. The molecule has 2 aromatic rings. The van der Waals surface area contributed by atoms with Gasteiger partial charge in [0.1, 0.15) is 10.8 Å². The Hall–Kier alpha value is -1.66. The normalized spacial score (nSPS) is 10.3. The molecule has 1 heterocycles. The fourth-order valence-corrected chi connectivity index (χ4v) is 2.45. The summed E-state index contributed by atoms with van der Waals surface area (Å²) in [4.78, 5) is 15.8. The van der Waals surface area contributed by atoms with Gasteiger partial charge in [0.25, 0.3) is 0 Å². The zero-order valence-corrected chi connectivity index (χ0v) is 12.3. The van der Waals surface area contributed by atoms with Gasteiger partial charge in [-0.15, -0.1) is 11.3 Å². The molecule has 0 aliphatic rings. The standard InChI is InChI=1S/C13H13ClFN3OS/c1-8-7-20-12(18-8)6-17-13(19)16-5-9-2-3-11(15)10(14)4-9/h2-4,7H,5-6H2,1H3,(H2,16,17,19). The number of halogens is 2. The number of amides is 2. The molecule has 2 amide bonds. The number of aromatic nitrogens is 1. The Kier molecular flexibility index (Phi) is 4.92. The van der Waals surface area contributed by atoms with Gasteiger partial charge in [0.05, 0.1) is 11.6 Å². The summed E-state index contributed by atoms with van der Waals surface area (Å²) in [6.07, 6.45) is 0. The summed E-state index contributed by atoms with van der Waals surface area (Å²) in [5.74, 6) is -0.473. The molecule has 0 aliphatic heterocycles. The number of hydrogen-bond acceptors (Lipinski definition) is 3. The summed E-state index contributed by atoms with van der Waals surface area (Å²) in [5, 5.41) is 8.19. The van der Waals surface area contributed by atoms with Gasteiger partial charge in [0.15, 0.2) is 0 Å². The van der Waals surface area contributed by atoms with Crippen molar-refractivity contribution in [3.63, 3.8) is 0 Å². The lowest BCUT2D eigenvalue weighted by molar-refractivity contribution is 0.240. The van der Waals surface area contributed by atoms with Gasteiger partial charge in [-0.25, -0.2) is 14.2 Å². The molecule has 4 nitrogen and oxygen atoms in total. The highest BCUT2D eigenvalue weighted by atomic mass is 35.5. The first-order chi connectivity index (χ1) is 9.54. The van der Waals surface area contributed by atoms with Crippen molar-refractivity contribution in [2.24, 2.45) is 0 Å². The molecule has 0 saturated carbocycles. The van der Waals surface area contributed by atoms with E-state index in [0.717, 1.165) is 16.3 Å². The van der Waals surface area contributed by atoms with E-state index in [4.69, 9.17) is 11.6 Å². The zero-order valence-electron chi connectivity index (χ0n) is 10.7. The fourth-order valence-electron chi connectivity index (χ4n) is 1.53. The van der Waals surface area contributed by atoms with Crippen LogP contribution in [0.25, 0.3) is 0 Å². The predicted molar refractivity (Wildman–Crippen MR) is 77.3 cm³/mol. The number of carbonyl (C=O) groups is 1. The van der Waals surface area contributed by atoms with E-state index < -0.39 is 5.82 Å². The third kappa shape index (κ3) is 4.18. The molecule has 0 spiro atoms. The Morgan fingerprint density at radius 3 is 2.80 bits per heavy atom. The predicted octanol–water partition coefficient (Wildman–Crippen LogP) is 3.24. The number of aryl methyl sites for hydroxylation is 1. The van der Waals surface area contributed by atoms with E-state index >= 15 is 0 Å². The van der Waals surface area contributed by atoms with Gasteiger partial charge >= 0.3 is 6.03 Å². The van der Waals surface area contributed by atoms with Crippen LogP contribution in [0.1, 0.15) is 16.3 Å². The van der Waals surface area contributed by atoms with Crippen LogP contribution < -0.4 is 10.6 Å². The molecule has 1 aromatic heterocycles. The van der Waals surface area contributed by atoms with Crippen LogP contribution in [-0.2, 0) is 13.1 Å². The highest BCUT2D eigenvalue weighted by molar-refractivity contribution is 7.09. The van der Waals surface area contributed by atoms with Gasteiger partial charge in [0, 0.05) is 17.6 Å². The smallest absolute Gasteiger partial charge is 0.315 e. The molecule has 0 atom stereocenters. The molecule has 0 radical (unpaired) electrons. The summed E-state index contributed by atoms with van der Waals surface area (Å²) in [6.45, 7) is 2.57. The van der Waals surface area contributed by atoms with E-state index in [-0.39, 0.29) is 17.6 Å². The van der Waals surface area contributed by atoms with Gasteiger partial charge in [-0.1, -0.05) is 17.7 Å². The van der Waals surface area contributed by atoms with Gasteiger partial charge in [-0.05, 0) is 24.6 Å². The maximum absolute atomic E-state index is 13.0. The average Bonchev–Trinajstić information content (AvgIpc) is 2.83. The molecule has 7 heteroatoms. The Balaban J connectivity index is 1.78. The fraction of sp³-hybridized carbons (Fsp3) is 0.231. The lowest BCUT2D eigenvalue weighted by atomic mass is 10.2. The highest BCUT2D eigenvalue weighted by Crippen LogP contribution is 2.15. The maximum Gasteiger partial charge on any atom is 0.315 e. The second-order valence-corrected chi connectivity index (χ2v) is 5.52. The number of thiazole rings is 1. The van der Waals surface area contributed by atoms with Crippen LogP contribution in [0.2, 0.25) is 5.02 Å². The number of nitrogens with one attached hydrogen (secondary N) is 2. The molecule has 0 saturated heterocycles. The zero-order chi connectivity index (χ0) is 14.5. The van der Waals surface area contributed by atoms with Crippen LogP contribution in [0.15, 0.2) is 23.6 Å². The Labute approximate surface area is 125 Å². The van der Waals surface area contributed by atoms with Crippen LogP contribution in [0.3, 0.4) is 0 Å². The molecular formula is C13H13ClFN3OS. The third-order valence-electron chi connectivity index (χ3n) is 2.50. The molecule has 1 aromatic carbocycles. The molecule has 20 heavy (non-hydrogen) atoms. The topological polar surface area (TPSA) is 54.0 Å². The number of urea groups is 1. The SMILES string of the molecule is Cc1csc(CNC(=O)NCc2ccc(F)c(Cl)c2)n1. The highest BCUT2D eigenvalue weighted by Gasteiger charge is 2.05. The van der Waals surface area contributed by atoms with Crippen molar-refractivity contribution < 1.29 is 9.18 Å². The summed E-state index contributed by atoms with van der Waals surface area (Å²) in [5.41, 5.74) is 1.67. The van der Waals surface area contributed by atoms with Crippen LogP contribution >= 0.6 is 22.9 Å². The van der Waals surface area contributed by atoms with E-state index in [9.17, 15) is 9.18 Å². The lowest BCUT2D eigenvalue weighted by Crippen LogP contribution is -2.34. The van der Waals surface area contributed by atoms with Gasteiger partial charge < -0.3 is 10.6 Å². The monoisotopic (exact) mass is 313 g/mol. The lowest BCUT2D eigenvalue weighted by Gasteiger charge is -2.07. The first kappa shape index (κ1) is 14.7.